The molecule has 0 aliphatic heterocycles. The number of nitrogens with one attached hydrogen (secondary N) is 1. The fourth-order valence-corrected chi connectivity index (χ4v) is 2.03. The van der Waals surface area contributed by atoms with Gasteiger partial charge >= 0.3 is 5.97 Å². The van der Waals surface area contributed by atoms with Gasteiger partial charge in [0.1, 0.15) is 0 Å². The number of rotatable bonds is 7. The number of esters is 1. The van der Waals surface area contributed by atoms with Crippen LogP contribution in [-0.4, -0.2) is 11.9 Å². The largest absolute Gasteiger partial charge is 0.439 e. The van der Waals surface area contributed by atoms with Crippen LogP contribution in [0.25, 0.3) is 0 Å². The Hall–Kier alpha value is -2.92. The summed E-state index contributed by atoms with van der Waals surface area (Å²) in [5.74, 6) is -0.977. The Kier molecular flexibility index (Phi) is 6.28. The number of ether oxygens (including phenoxy) is 1. The first kappa shape index (κ1) is 17.4. The zero-order valence-electron chi connectivity index (χ0n) is 13.3. The molecule has 1 atom stereocenters. The highest BCUT2D eigenvalue weighted by Gasteiger charge is 2.17. The van der Waals surface area contributed by atoms with Crippen LogP contribution in [0.3, 0.4) is 0 Å². The third-order valence-electron chi connectivity index (χ3n) is 3.36. The van der Waals surface area contributed by atoms with Crippen LogP contribution in [0.1, 0.15) is 23.8 Å². The molecule has 2 aromatic rings. The molecular weight excluding hydrogens is 304 g/mol. The van der Waals surface area contributed by atoms with Gasteiger partial charge in [-0.3, -0.25) is 10.5 Å². The van der Waals surface area contributed by atoms with Crippen molar-refractivity contribution in [2.45, 2.75) is 19.2 Å². The second-order valence-corrected chi connectivity index (χ2v) is 5.28. The van der Waals surface area contributed by atoms with Crippen molar-refractivity contribution in [3.8, 4) is 0 Å². The zero-order chi connectivity index (χ0) is 17.4. The summed E-state index contributed by atoms with van der Waals surface area (Å²) in [7, 11) is 0. The number of amides is 1. The summed E-state index contributed by atoms with van der Waals surface area (Å²) in [6.45, 7) is 4.00. The van der Waals surface area contributed by atoms with Gasteiger partial charge in [0.2, 0.25) is 5.91 Å². The topological polar surface area (TPSA) is 81.4 Å². The smallest absolute Gasteiger partial charge is 0.335 e. The van der Waals surface area contributed by atoms with Crippen LogP contribution in [-0.2, 0) is 20.9 Å². The fraction of sp³-hybridized carbons (Fsp3) is 0.158. The molecule has 1 unspecified atom stereocenters. The molecule has 2 aromatic carbocycles. The molecule has 0 aromatic heterocycles. The molecule has 24 heavy (non-hydrogen) atoms. The van der Waals surface area contributed by atoms with Gasteiger partial charge in [-0.2, -0.15) is 0 Å². The molecule has 0 saturated carbocycles. The van der Waals surface area contributed by atoms with Crippen LogP contribution in [0.2, 0.25) is 0 Å². The molecule has 1 amide bonds. The molecule has 0 aliphatic carbocycles. The van der Waals surface area contributed by atoms with E-state index in [4.69, 9.17) is 10.5 Å². The molecule has 0 radical (unpaired) electrons. The van der Waals surface area contributed by atoms with Gasteiger partial charge in [-0.05, 0) is 5.56 Å². The summed E-state index contributed by atoms with van der Waals surface area (Å²) in [6.07, 6.45) is -1.02. The Morgan fingerprint density at radius 3 is 2.25 bits per heavy atom. The van der Waals surface area contributed by atoms with E-state index < -0.39 is 12.2 Å². The van der Waals surface area contributed by atoms with Crippen molar-refractivity contribution in [1.29, 1.82) is 0 Å². The van der Waals surface area contributed by atoms with Crippen molar-refractivity contribution in [1.82, 2.24) is 5.32 Å². The Labute approximate surface area is 141 Å². The van der Waals surface area contributed by atoms with Crippen molar-refractivity contribution in [2.24, 2.45) is 5.73 Å². The third-order valence-corrected chi connectivity index (χ3v) is 3.36. The quantitative estimate of drug-likeness (QED) is 0.466. The van der Waals surface area contributed by atoms with Crippen LogP contribution in [0.5, 0.6) is 0 Å². The van der Waals surface area contributed by atoms with Gasteiger partial charge in [-0.1, -0.05) is 67.2 Å². The van der Waals surface area contributed by atoms with E-state index in [9.17, 15) is 9.59 Å². The number of carbonyl (C=O) groups is 2. The van der Waals surface area contributed by atoms with Crippen LogP contribution in [0.4, 0.5) is 0 Å². The predicted molar refractivity (Wildman–Crippen MR) is 91.5 cm³/mol. The average Bonchev–Trinajstić information content (AvgIpc) is 2.61. The van der Waals surface area contributed by atoms with Crippen molar-refractivity contribution in [3.05, 3.63) is 83.9 Å². The number of nitrogens with two attached hydrogens (primary N) is 1. The minimum atomic E-state index is -0.886. The predicted octanol–water partition coefficient (Wildman–Crippen LogP) is 2.45. The second-order valence-electron chi connectivity index (χ2n) is 5.28. The second kappa shape index (κ2) is 8.64. The normalized spacial score (nSPS) is 11.4. The lowest BCUT2D eigenvalue weighted by Crippen LogP contribution is -2.26. The Bertz CT molecular complexity index is 699. The highest BCUT2D eigenvalue weighted by atomic mass is 16.6. The Morgan fingerprint density at radius 2 is 1.62 bits per heavy atom. The summed E-state index contributed by atoms with van der Waals surface area (Å²) in [4.78, 5) is 23.8. The number of hydrogen-bond acceptors (Lipinski definition) is 4. The number of carbonyl (C=O) groups excluding carboxylic acids is 2. The first-order valence-electron chi connectivity index (χ1n) is 7.56. The third kappa shape index (κ3) is 5.37. The lowest BCUT2D eigenvalue weighted by Gasteiger charge is -2.14. The van der Waals surface area contributed by atoms with E-state index in [0.29, 0.717) is 12.1 Å². The molecule has 0 spiro atoms. The summed E-state index contributed by atoms with van der Waals surface area (Å²) in [6, 6.07) is 18.5. The molecule has 0 heterocycles. The van der Waals surface area contributed by atoms with Crippen molar-refractivity contribution >= 4 is 11.9 Å². The molecule has 5 nitrogen and oxygen atoms in total. The maximum atomic E-state index is 12.0. The van der Waals surface area contributed by atoms with E-state index in [0.717, 1.165) is 5.56 Å². The highest BCUT2D eigenvalue weighted by Crippen LogP contribution is 2.13. The van der Waals surface area contributed by atoms with Crippen LogP contribution < -0.4 is 11.1 Å². The molecular formula is C19H20N2O3. The maximum absolute atomic E-state index is 12.0. The Morgan fingerprint density at radius 1 is 1.04 bits per heavy atom. The molecule has 0 aliphatic rings. The number of hydrogen-bond donors (Lipinski definition) is 2. The Balaban J connectivity index is 1.78. The van der Waals surface area contributed by atoms with Gasteiger partial charge in [0, 0.05) is 17.7 Å². The summed E-state index contributed by atoms with van der Waals surface area (Å²) < 4.78 is 5.12. The molecule has 0 fully saturated rings. The van der Waals surface area contributed by atoms with E-state index in [1.807, 2.05) is 36.4 Å². The molecule has 0 bridgehead atoms. The van der Waals surface area contributed by atoms with Gasteiger partial charge in [0.05, 0.1) is 6.42 Å². The summed E-state index contributed by atoms with van der Waals surface area (Å²) in [5.41, 5.74) is 7.53. The average molecular weight is 324 g/mol. The minimum Gasteiger partial charge on any atom is -0.439 e. The van der Waals surface area contributed by atoms with E-state index in [2.05, 4.69) is 11.9 Å². The van der Waals surface area contributed by atoms with E-state index in [1.165, 1.54) is 0 Å². The standard InChI is InChI=1S/C19H20N2O3/c1-14(12-17(22)21-13-15-8-4-2-5-9-15)19(23)24-18(20)16-10-6-3-7-11-16/h2-11,18H,1,12-13,20H2,(H,21,22). The van der Waals surface area contributed by atoms with E-state index in [-0.39, 0.29) is 17.9 Å². The lowest BCUT2D eigenvalue weighted by atomic mass is 10.2. The lowest BCUT2D eigenvalue weighted by molar-refractivity contribution is -0.145. The molecule has 124 valence electrons. The van der Waals surface area contributed by atoms with Crippen LogP contribution in [0, 0.1) is 0 Å². The first-order valence-corrected chi connectivity index (χ1v) is 7.56. The SMILES string of the molecule is C=C(CC(=O)NCc1ccccc1)C(=O)OC(N)c1ccccc1. The van der Waals surface area contributed by atoms with Crippen molar-refractivity contribution in [2.75, 3.05) is 0 Å². The van der Waals surface area contributed by atoms with Crippen LogP contribution in [0.15, 0.2) is 72.8 Å². The molecule has 5 heteroatoms. The van der Waals surface area contributed by atoms with Crippen molar-refractivity contribution < 1.29 is 14.3 Å². The van der Waals surface area contributed by atoms with E-state index >= 15 is 0 Å². The zero-order valence-corrected chi connectivity index (χ0v) is 13.3. The monoisotopic (exact) mass is 324 g/mol. The highest BCUT2D eigenvalue weighted by molar-refractivity contribution is 5.94. The van der Waals surface area contributed by atoms with E-state index in [1.54, 1.807) is 24.3 Å². The van der Waals surface area contributed by atoms with Gasteiger partial charge in [-0.25, -0.2) is 4.79 Å². The van der Waals surface area contributed by atoms with Gasteiger partial charge in [-0.15, -0.1) is 0 Å². The fourth-order valence-electron chi connectivity index (χ4n) is 2.03. The van der Waals surface area contributed by atoms with Crippen molar-refractivity contribution in [3.63, 3.8) is 0 Å². The van der Waals surface area contributed by atoms with Gasteiger partial charge in [0.15, 0.2) is 6.23 Å². The maximum Gasteiger partial charge on any atom is 0.335 e. The molecule has 2 rings (SSSR count). The minimum absolute atomic E-state index is 0.0620. The van der Waals surface area contributed by atoms with Gasteiger partial charge < -0.3 is 10.1 Å². The van der Waals surface area contributed by atoms with Gasteiger partial charge in [0.25, 0.3) is 0 Å². The molecule has 0 saturated heterocycles. The summed E-state index contributed by atoms with van der Waals surface area (Å²) >= 11 is 0. The number of benzene rings is 2. The first-order chi connectivity index (χ1) is 11.6. The molecule has 3 N–H and O–H groups in total. The van der Waals surface area contributed by atoms with Crippen LogP contribution >= 0.6 is 0 Å². The summed E-state index contributed by atoms with van der Waals surface area (Å²) in [5, 5.41) is 2.73.